The largest absolute Gasteiger partial charge is 0.354 e. The first kappa shape index (κ1) is 22.4. The van der Waals surface area contributed by atoms with E-state index in [2.05, 4.69) is 17.6 Å². The minimum atomic E-state index is -3.73. The third-order valence-electron chi connectivity index (χ3n) is 5.01. The molecule has 1 saturated heterocycles. The van der Waals surface area contributed by atoms with Crippen molar-refractivity contribution in [1.82, 2.24) is 19.5 Å². The van der Waals surface area contributed by atoms with Crippen LogP contribution in [0.3, 0.4) is 0 Å². The molecule has 2 N–H and O–H groups in total. The maximum absolute atomic E-state index is 13.3. The van der Waals surface area contributed by atoms with Crippen molar-refractivity contribution in [3.05, 3.63) is 53.3 Å². The zero-order valence-electron chi connectivity index (χ0n) is 16.3. The van der Waals surface area contributed by atoms with Crippen molar-refractivity contribution in [2.24, 2.45) is 7.05 Å². The zero-order chi connectivity index (χ0) is 19.6. The van der Waals surface area contributed by atoms with Crippen molar-refractivity contribution in [2.45, 2.75) is 24.3 Å². The second kappa shape index (κ2) is 9.09. The molecule has 154 valence electrons. The summed E-state index contributed by atoms with van der Waals surface area (Å²) in [6, 6.07) is 9.24. The average molecular weight is 427 g/mol. The number of benzene rings is 1. The van der Waals surface area contributed by atoms with Crippen LogP contribution in [0.1, 0.15) is 34.6 Å². The van der Waals surface area contributed by atoms with Gasteiger partial charge in [0.15, 0.2) is 0 Å². The van der Waals surface area contributed by atoms with Crippen LogP contribution in [0, 0.1) is 0 Å². The standard InChI is InChI=1S/C19H26N4O3S.ClH/c1-4-14-5-7-15(8-6-14)18-12-21-9-10-23(18)27(25,26)16-11-17(19(24)20-2)22(3)13-16;/h5-8,11,13,18,21H,4,9-10,12H2,1-3H3,(H,20,24);1H. The van der Waals surface area contributed by atoms with E-state index >= 15 is 0 Å². The molecule has 2 aromatic rings. The van der Waals surface area contributed by atoms with Gasteiger partial charge < -0.3 is 15.2 Å². The summed E-state index contributed by atoms with van der Waals surface area (Å²) in [7, 11) is -0.533. The van der Waals surface area contributed by atoms with Crippen molar-refractivity contribution in [3.8, 4) is 0 Å². The minimum absolute atomic E-state index is 0. The van der Waals surface area contributed by atoms with Crippen LogP contribution in [-0.4, -0.2) is 49.9 Å². The van der Waals surface area contributed by atoms with Crippen molar-refractivity contribution in [3.63, 3.8) is 0 Å². The van der Waals surface area contributed by atoms with Gasteiger partial charge in [-0.15, -0.1) is 12.4 Å². The molecule has 7 nitrogen and oxygen atoms in total. The van der Waals surface area contributed by atoms with Gasteiger partial charge >= 0.3 is 0 Å². The Labute approximate surface area is 172 Å². The Morgan fingerprint density at radius 3 is 2.57 bits per heavy atom. The van der Waals surface area contributed by atoms with E-state index in [9.17, 15) is 13.2 Å². The fourth-order valence-corrected chi connectivity index (χ4v) is 5.08. The maximum atomic E-state index is 13.3. The highest BCUT2D eigenvalue weighted by Crippen LogP contribution is 2.30. The number of halogens is 1. The van der Waals surface area contributed by atoms with Crippen LogP contribution >= 0.6 is 12.4 Å². The Morgan fingerprint density at radius 1 is 1.29 bits per heavy atom. The predicted octanol–water partition coefficient (Wildman–Crippen LogP) is 1.70. The number of nitrogens with one attached hydrogen (secondary N) is 2. The summed E-state index contributed by atoms with van der Waals surface area (Å²) in [6.07, 6.45) is 2.44. The van der Waals surface area contributed by atoms with E-state index < -0.39 is 10.0 Å². The molecular formula is C19H27ClN4O3S. The molecule has 1 aromatic carbocycles. The van der Waals surface area contributed by atoms with Gasteiger partial charge in [0.1, 0.15) is 10.6 Å². The van der Waals surface area contributed by atoms with Gasteiger partial charge in [-0.2, -0.15) is 4.31 Å². The summed E-state index contributed by atoms with van der Waals surface area (Å²) < 4.78 is 29.7. The molecule has 1 amide bonds. The Balaban J connectivity index is 0.00000280. The monoisotopic (exact) mass is 426 g/mol. The number of aryl methyl sites for hydroxylation is 2. The van der Waals surface area contributed by atoms with Crippen molar-refractivity contribution < 1.29 is 13.2 Å². The van der Waals surface area contributed by atoms with E-state index in [1.54, 1.807) is 11.6 Å². The highest BCUT2D eigenvalue weighted by atomic mass is 35.5. The molecule has 1 aliphatic rings. The fourth-order valence-electron chi connectivity index (χ4n) is 3.40. The van der Waals surface area contributed by atoms with E-state index in [0.29, 0.717) is 25.3 Å². The van der Waals surface area contributed by atoms with Gasteiger partial charge in [0.25, 0.3) is 5.91 Å². The third kappa shape index (κ3) is 4.25. The fraction of sp³-hybridized carbons (Fsp3) is 0.421. The molecule has 1 fully saturated rings. The summed E-state index contributed by atoms with van der Waals surface area (Å²) in [5.41, 5.74) is 2.50. The number of piperazine rings is 1. The van der Waals surface area contributed by atoms with Crippen LogP contribution in [0.4, 0.5) is 0 Å². The molecule has 0 spiro atoms. The summed E-state index contributed by atoms with van der Waals surface area (Å²) in [5, 5.41) is 5.82. The average Bonchev–Trinajstić information content (AvgIpc) is 3.10. The van der Waals surface area contributed by atoms with Gasteiger partial charge in [-0.3, -0.25) is 4.79 Å². The number of sulfonamides is 1. The molecule has 2 heterocycles. The Bertz CT molecular complexity index is 925. The first-order valence-corrected chi connectivity index (χ1v) is 10.5. The number of rotatable bonds is 5. The summed E-state index contributed by atoms with van der Waals surface area (Å²) in [4.78, 5) is 12.1. The molecular weight excluding hydrogens is 400 g/mol. The van der Waals surface area contributed by atoms with Gasteiger partial charge in [-0.1, -0.05) is 31.2 Å². The van der Waals surface area contributed by atoms with Gasteiger partial charge in [0.2, 0.25) is 10.0 Å². The van der Waals surface area contributed by atoms with E-state index in [1.165, 1.54) is 29.2 Å². The van der Waals surface area contributed by atoms with Crippen LogP contribution in [-0.2, 0) is 23.5 Å². The minimum Gasteiger partial charge on any atom is -0.354 e. The number of carbonyl (C=O) groups is 1. The maximum Gasteiger partial charge on any atom is 0.267 e. The normalized spacial score (nSPS) is 17.8. The summed E-state index contributed by atoms with van der Waals surface area (Å²) in [5.74, 6) is -0.314. The first-order valence-electron chi connectivity index (χ1n) is 9.08. The lowest BCUT2D eigenvalue weighted by molar-refractivity contribution is 0.0955. The molecule has 9 heteroatoms. The zero-order valence-corrected chi connectivity index (χ0v) is 17.9. The number of aromatic nitrogens is 1. The number of hydrogen-bond donors (Lipinski definition) is 2. The Morgan fingerprint density at radius 2 is 1.96 bits per heavy atom. The first-order chi connectivity index (χ1) is 12.9. The van der Waals surface area contributed by atoms with Crippen LogP contribution in [0.5, 0.6) is 0 Å². The third-order valence-corrected chi connectivity index (χ3v) is 6.89. The molecule has 1 aliphatic heterocycles. The predicted molar refractivity (Wildman–Crippen MR) is 111 cm³/mol. The SMILES string of the molecule is CCc1ccc(C2CNCCN2S(=O)(=O)c2cc(C(=O)NC)n(C)c2)cc1.Cl. The van der Waals surface area contributed by atoms with Crippen molar-refractivity contribution in [1.29, 1.82) is 0 Å². The van der Waals surface area contributed by atoms with Crippen LogP contribution in [0.2, 0.25) is 0 Å². The van der Waals surface area contributed by atoms with Gasteiger partial charge in [-0.25, -0.2) is 8.42 Å². The highest BCUT2D eigenvalue weighted by Gasteiger charge is 2.35. The van der Waals surface area contributed by atoms with Gasteiger partial charge in [0, 0.05) is 39.9 Å². The Kier molecular flexibility index (Phi) is 7.28. The second-order valence-corrected chi connectivity index (χ2v) is 8.57. The number of hydrogen-bond acceptors (Lipinski definition) is 4. The topological polar surface area (TPSA) is 83.4 Å². The molecule has 0 bridgehead atoms. The van der Waals surface area contributed by atoms with Gasteiger partial charge in [-0.05, 0) is 23.6 Å². The molecule has 0 saturated carbocycles. The van der Waals surface area contributed by atoms with E-state index in [1.807, 2.05) is 24.3 Å². The quantitative estimate of drug-likeness (QED) is 0.762. The summed E-state index contributed by atoms with van der Waals surface area (Å²) in [6.45, 7) is 3.62. The van der Waals surface area contributed by atoms with Crippen LogP contribution in [0.25, 0.3) is 0 Å². The number of carbonyl (C=O) groups excluding carboxylic acids is 1. The lowest BCUT2D eigenvalue weighted by atomic mass is 10.0. The van der Waals surface area contributed by atoms with Crippen molar-refractivity contribution in [2.75, 3.05) is 26.7 Å². The van der Waals surface area contributed by atoms with Gasteiger partial charge in [0.05, 0.1) is 6.04 Å². The lowest BCUT2D eigenvalue weighted by Crippen LogP contribution is -2.48. The van der Waals surface area contributed by atoms with E-state index in [-0.39, 0.29) is 29.3 Å². The second-order valence-electron chi connectivity index (χ2n) is 6.68. The van der Waals surface area contributed by atoms with Crippen LogP contribution in [0.15, 0.2) is 41.4 Å². The molecule has 0 aliphatic carbocycles. The number of nitrogens with zero attached hydrogens (tertiary/aromatic N) is 2. The molecule has 28 heavy (non-hydrogen) atoms. The van der Waals surface area contributed by atoms with Crippen molar-refractivity contribution >= 4 is 28.3 Å². The molecule has 3 rings (SSSR count). The molecule has 1 atom stereocenters. The van der Waals surface area contributed by atoms with E-state index in [4.69, 9.17) is 0 Å². The highest BCUT2D eigenvalue weighted by molar-refractivity contribution is 7.89. The smallest absolute Gasteiger partial charge is 0.267 e. The van der Waals surface area contributed by atoms with Crippen LogP contribution < -0.4 is 10.6 Å². The Hall–Kier alpha value is -1.87. The van der Waals surface area contributed by atoms with E-state index in [0.717, 1.165) is 12.0 Å². The molecule has 1 unspecified atom stereocenters. The lowest BCUT2D eigenvalue weighted by Gasteiger charge is -2.35. The molecule has 0 radical (unpaired) electrons. The number of amides is 1. The molecule has 1 aromatic heterocycles. The summed E-state index contributed by atoms with van der Waals surface area (Å²) >= 11 is 0.